The Morgan fingerprint density at radius 1 is 1.36 bits per heavy atom. The summed E-state index contributed by atoms with van der Waals surface area (Å²) in [6, 6.07) is 6.29. The minimum atomic E-state index is -0.287. The Kier molecular flexibility index (Phi) is 6.17. The van der Waals surface area contributed by atoms with Crippen LogP contribution in [-0.2, 0) is 17.6 Å². The van der Waals surface area contributed by atoms with Crippen LogP contribution < -0.4 is 10.1 Å². The third kappa shape index (κ3) is 4.26. The third-order valence-electron chi connectivity index (χ3n) is 5.26. The second-order valence-corrected chi connectivity index (χ2v) is 9.24. The van der Waals surface area contributed by atoms with Gasteiger partial charge in [0.25, 0.3) is 5.91 Å². The second kappa shape index (κ2) is 8.42. The van der Waals surface area contributed by atoms with Crippen LogP contribution in [0.15, 0.2) is 12.1 Å². The Labute approximate surface area is 175 Å². The maximum Gasteiger partial charge on any atom is 0.262 e. The van der Waals surface area contributed by atoms with E-state index in [1.807, 2.05) is 26.8 Å². The summed E-state index contributed by atoms with van der Waals surface area (Å²) in [4.78, 5) is 12.5. The van der Waals surface area contributed by atoms with Gasteiger partial charge in [-0.25, -0.2) is 0 Å². The molecule has 0 aliphatic heterocycles. The predicted molar refractivity (Wildman–Crippen MR) is 116 cm³/mol. The van der Waals surface area contributed by atoms with Crippen LogP contribution in [0.4, 0.5) is 5.00 Å². The number of nitriles is 1. The minimum Gasteiger partial charge on any atom is -0.483 e. The van der Waals surface area contributed by atoms with E-state index in [-0.39, 0.29) is 12.5 Å². The molecule has 0 saturated heterocycles. The highest BCUT2D eigenvalue weighted by Gasteiger charge is 2.23. The first-order chi connectivity index (χ1) is 13.3. The second-order valence-electron chi connectivity index (χ2n) is 7.55. The average molecular weight is 413 g/mol. The zero-order chi connectivity index (χ0) is 20.4. The van der Waals surface area contributed by atoms with E-state index in [4.69, 9.17) is 17.0 Å². The van der Waals surface area contributed by atoms with Crippen molar-refractivity contribution in [3.8, 4) is 11.8 Å². The smallest absolute Gasteiger partial charge is 0.262 e. The van der Waals surface area contributed by atoms with Crippen molar-refractivity contribution in [1.82, 2.24) is 0 Å². The van der Waals surface area contributed by atoms with Crippen LogP contribution in [0.25, 0.3) is 0 Å². The summed E-state index contributed by atoms with van der Waals surface area (Å²) in [5.74, 6) is 0.993. The summed E-state index contributed by atoms with van der Waals surface area (Å²) in [6.07, 6.45) is 2.77. The van der Waals surface area contributed by atoms with Crippen LogP contribution >= 0.6 is 23.6 Å². The molecule has 1 aliphatic rings. The molecular formula is C22H24N2O2S2. The molecule has 1 aromatic heterocycles. The van der Waals surface area contributed by atoms with Crippen molar-refractivity contribution in [2.45, 2.75) is 47.0 Å². The monoisotopic (exact) mass is 412 g/mol. The Hall–Kier alpha value is -2.23. The van der Waals surface area contributed by atoms with Crippen molar-refractivity contribution in [3.63, 3.8) is 0 Å². The highest BCUT2D eigenvalue weighted by atomic mass is 32.1. The number of rotatable bonds is 4. The molecule has 3 rings (SSSR count). The standard InChI is InChI=1S/C22H24N2O2S2/c1-12-5-6-16-17(8-12)22(27)28-21(18(16)10-23)24-20(25)11-26-19-9-13(2)7-14(3)15(19)4/h7,9,12H,5-6,8,11H2,1-4H3,(H,24,25). The van der Waals surface area contributed by atoms with E-state index in [0.29, 0.717) is 22.2 Å². The number of ether oxygens (including phenoxy) is 1. The molecule has 146 valence electrons. The molecule has 0 saturated carbocycles. The van der Waals surface area contributed by atoms with Crippen LogP contribution in [0.5, 0.6) is 5.75 Å². The van der Waals surface area contributed by atoms with Crippen molar-refractivity contribution in [2.75, 3.05) is 11.9 Å². The molecule has 1 heterocycles. The number of amides is 1. The number of carbonyl (C=O) groups excluding carboxylic acids is 1. The lowest BCUT2D eigenvalue weighted by molar-refractivity contribution is -0.118. The van der Waals surface area contributed by atoms with E-state index in [1.165, 1.54) is 11.3 Å². The predicted octanol–water partition coefficient (Wildman–Crippen LogP) is 5.42. The van der Waals surface area contributed by atoms with E-state index in [1.54, 1.807) is 0 Å². The number of hydrogen-bond acceptors (Lipinski definition) is 5. The van der Waals surface area contributed by atoms with Crippen molar-refractivity contribution in [2.24, 2.45) is 5.92 Å². The minimum absolute atomic E-state index is 0.109. The molecular weight excluding hydrogens is 388 g/mol. The van der Waals surface area contributed by atoms with E-state index < -0.39 is 0 Å². The van der Waals surface area contributed by atoms with Gasteiger partial charge in [0.05, 0.1) is 9.39 Å². The number of benzene rings is 1. The van der Waals surface area contributed by atoms with Crippen LogP contribution in [0.1, 0.15) is 46.7 Å². The van der Waals surface area contributed by atoms with Gasteiger partial charge in [0.2, 0.25) is 0 Å². The fourth-order valence-corrected chi connectivity index (χ4v) is 5.01. The number of fused-ring (bicyclic) bond motifs is 1. The molecule has 0 bridgehead atoms. The van der Waals surface area contributed by atoms with Gasteiger partial charge in [0, 0.05) is 0 Å². The number of aryl methyl sites for hydroxylation is 2. The first-order valence-corrected chi connectivity index (χ1v) is 10.6. The molecule has 1 aromatic carbocycles. The first-order valence-electron chi connectivity index (χ1n) is 9.39. The lowest BCUT2D eigenvalue weighted by atomic mass is 9.85. The van der Waals surface area contributed by atoms with Crippen molar-refractivity contribution < 1.29 is 9.53 Å². The molecule has 1 unspecified atom stereocenters. The van der Waals surface area contributed by atoms with E-state index >= 15 is 0 Å². The highest BCUT2D eigenvalue weighted by Crippen LogP contribution is 2.36. The zero-order valence-corrected chi connectivity index (χ0v) is 18.3. The van der Waals surface area contributed by atoms with Crippen LogP contribution in [-0.4, -0.2) is 12.5 Å². The zero-order valence-electron chi connectivity index (χ0n) is 16.6. The molecule has 1 amide bonds. The van der Waals surface area contributed by atoms with E-state index in [0.717, 1.165) is 50.9 Å². The van der Waals surface area contributed by atoms with E-state index in [2.05, 4.69) is 24.4 Å². The molecule has 2 aromatic rings. The topological polar surface area (TPSA) is 62.1 Å². The van der Waals surface area contributed by atoms with Gasteiger partial charge in [-0.3, -0.25) is 4.79 Å². The SMILES string of the molecule is Cc1cc(C)c(C)c(OCC(=O)Nc2sc(=S)c3c(c2C#N)CCC(C)C3)c1. The normalized spacial score (nSPS) is 15.5. The molecule has 28 heavy (non-hydrogen) atoms. The molecule has 1 aliphatic carbocycles. The van der Waals surface area contributed by atoms with Gasteiger partial charge in [-0.05, 0) is 79.8 Å². The number of nitrogens with one attached hydrogen (secondary N) is 1. The molecule has 4 nitrogen and oxygen atoms in total. The molecule has 1 N–H and O–H groups in total. The Bertz CT molecular complexity index is 1030. The Morgan fingerprint density at radius 3 is 2.82 bits per heavy atom. The molecule has 0 fully saturated rings. The van der Waals surface area contributed by atoms with Crippen LogP contribution in [0, 0.1) is 41.8 Å². The fraction of sp³-hybridized carbons (Fsp3) is 0.409. The highest BCUT2D eigenvalue weighted by molar-refractivity contribution is 7.73. The van der Waals surface area contributed by atoms with Gasteiger partial charge < -0.3 is 10.1 Å². The number of carbonyl (C=O) groups is 1. The molecule has 0 radical (unpaired) electrons. The molecule has 0 spiro atoms. The molecule has 1 atom stereocenters. The summed E-state index contributed by atoms with van der Waals surface area (Å²) in [7, 11) is 0. The lowest BCUT2D eigenvalue weighted by Gasteiger charge is -2.23. The fourth-order valence-electron chi connectivity index (χ4n) is 3.60. The Morgan fingerprint density at radius 2 is 2.11 bits per heavy atom. The Balaban J connectivity index is 1.79. The summed E-state index contributed by atoms with van der Waals surface area (Å²) in [5, 5.41) is 13.1. The summed E-state index contributed by atoms with van der Waals surface area (Å²) in [6.45, 7) is 8.10. The number of anilines is 1. The number of nitrogens with zero attached hydrogens (tertiary/aromatic N) is 1. The van der Waals surface area contributed by atoms with Crippen LogP contribution in [0.3, 0.4) is 0 Å². The van der Waals surface area contributed by atoms with Gasteiger partial charge in [-0.15, -0.1) is 11.3 Å². The van der Waals surface area contributed by atoms with Crippen molar-refractivity contribution in [1.29, 1.82) is 5.26 Å². The summed E-state index contributed by atoms with van der Waals surface area (Å²) < 4.78 is 6.51. The van der Waals surface area contributed by atoms with Crippen molar-refractivity contribution >= 4 is 34.5 Å². The van der Waals surface area contributed by atoms with Gasteiger partial charge in [-0.1, -0.05) is 25.2 Å². The van der Waals surface area contributed by atoms with Gasteiger partial charge in [0.1, 0.15) is 16.8 Å². The van der Waals surface area contributed by atoms with Gasteiger partial charge in [0.15, 0.2) is 6.61 Å². The quantitative estimate of drug-likeness (QED) is 0.682. The largest absolute Gasteiger partial charge is 0.483 e. The van der Waals surface area contributed by atoms with Crippen LogP contribution in [0.2, 0.25) is 0 Å². The summed E-state index contributed by atoms with van der Waals surface area (Å²) in [5.41, 5.74) is 5.91. The van der Waals surface area contributed by atoms with Crippen molar-refractivity contribution in [3.05, 3.63) is 49.3 Å². The third-order valence-corrected chi connectivity index (χ3v) is 6.70. The van der Waals surface area contributed by atoms with Gasteiger partial charge in [-0.2, -0.15) is 5.26 Å². The average Bonchev–Trinajstić information content (AvgIpc) is 2.64. The molecule has 6 heteroatoms. The van der Waals surface area contributed by atoms with E-state index in [9.17, 15) is 10.1 Å². The maximum absolute atomic E-state index is 12.5. The lowest BCUT2D eigenvalue weighted by Crippen LogP contribution is -2.22. The maximum atomic E-state index is 12.5. The first kappa shape index (κ1) is 20.5. The summed E-state index contributed by atoms with van der Waals surface area (Å²) >= 11 is 6.86. The number of hydrogen-bond donors (Lipinski definition) is 1. The van der Waals surface area contributed by atoms with Gasteiger partial charge >= 0.3 is 0 Å².